The van der Waals surface area contributed by atoms with Gasteiger partial charge < -0.3 is 15.3 Å². The van der Waals surface area contributed by atoms with Gasteiger partial charge in [0.05, 0.1) is 5.09 Å². The molecular formula is C36H66NO3P2Pd. The van der Waals surface area contributed by atoms with Crippen molar-refractivity contribution in [2.24, 2.45) is 0 Å². The van der Waals surface area contributed by atoms with Gasteiger partial charge in [-0.05, 0) is 111 Å². The quantitative estimate of drug-likeness (QED) is 0.118. The molecule has 6 rings (SSSR count). The van der Waals surface area contributed by atoms with Crippen molar-refractivity contribution in [2.45, 2.75) is 227 Å². The maximum absolute atomic E-state index is 8.25. The van der Waals surface area contributed by atoms with Crippen molar-refractivity contribution in [1.29, 1.82) is 0 Å². The summed E-state index contributed by atoms with van der Waals surface area (Å²) in [5.74, 6) is 0. The molecule has 4 nitrogen and oxygen atoms in total. The monoisotopic (exact) mass is 728 g/mol. The van der Waals surface area contributed by atoms with Gasteiger partial charge in [0.2, 0.25) is 0 Å². The van der Waals surface area contributed by atoms with Crippen LogP contribution in [-0.2, 0) is 20.4 Å². The second kappa shape index (κ2) is 22.3. The number of hydrogen-bond acceptors (Lipinski definition) is 3. The Morgan fingerprint density at radius 1 is 0.326 bits per heavy atom. The zero-order valence-electron chi connectivity index (χ0n) is 27.6. The van der Waals surface area contributed by atoms with Gasteiger partial charge in [0.15, 0.2) is 0 Å². The van der Waals surface area contributed by atoms with Crippen molar-refractivity contribution in [3.8, 4) is 0 Å². The molecule has 0 aromatic heterocycles. The average molecular weight is 729 g/mol. The van der Waals surface area contributed by atoms with Crippen LogP contribution in [0.3, 0.4) is 0 Å². The molecule has 0 spiro atoms. The van der Waals surface area contributed by atoms with Crippen LogP contribution in [0.5, 0.6) is 0 Å². The molecule has 0 heterocycles. The summed E-state index contributed by atoms with van der Waals surface area (Å²) in [7, 11) is 0.770. The van der Waals surface area contributed by atoms with Crippen LogP contribution >= 0.6 is 15.8 Å². The molecule has 43 heavy (non-hydrogen) atoms. The summed E-state index contributed by atoms with van der Waals surface area (Å²) in [5, 5.41) is 14.8. The Morgan fingerprint density at radius 3 is 0.558 bits per heavy atom. The second-order valence-electron chi connectivity index (χ2n) is 14.9. The molecule has 253 valence electrons. The molecule has 0 bridgehead atoms. The van der Waals surface area contributed by atoms with Crippen LogP contribution in [0.4, 0.5) is 0 Å². The second-order valence-corrected chi connectivity index (χ2v) is 21.0. The molecule has 6 aliphatic carbocycles. The summed E-state index contributed by atoms with van der Waals surface area (Å²) in [4.78, 5) is 8.25. The maximum atomic E-state index is 8.25. The van der Waals surface area contributed by atoms with Crippen molar-refractivity contribution >= 4 is 15.8 Å². The van der Waals surface area contributed by atoms with E-state index in [9.17, 15) is 0 Å². The van der Waals surface area contributed by atoms with E-state index in [-0.39, 0.29) is 20.4 Å². The Bertz CT molecular complexity index is 566. The molecule has 7 heteroatoms. The van der Waals surface area contributed by atoms with Gasteiger partial charge in [0.25, 0.3) is 0 Å². The van der Waals surface area contributed by atoms with E-state index in [1.165, 1.54) is 72.5 Å². The fourth-order valence-electron chi connectivity index (χ4n) is 10.1. The molecule has 6 saturated carbocycles. The van der Waals surface area contributed by atoms with Crippen LogP contribution in [0.2, 0.25) is 0 Å². The van der Waals surface area contributed by atoms with Crippen molar-refractivity contribution in [2.75, 3.05) is 0 Å². The van der Waals surface area contributed by atoms with Gasteiger partial charge in [0.1, 0.15) is 0 Å². The van der Waals surface area contributed by atoms with Crippen LogP contribution < -0.4 is 0 Å². The number of rotatable bonds is 6. The fourth-order valence-corrected chi connectivity index (χ4v) is 19.4. The SMILES string of the molecule is C1CCC(P(C2CCCCC2)C2CCCCC2)CC1.C1CCC(P(C2CCCCC2)C2CCCCC2)CC1.O=[N+]([O-])[O-].[Pd+]. The predicted molar refractivity (Wildman–Crippen MR) is 185 cm³/mol. The Balaban J connectivity index is 0.000000206. The summed E-state index contributed by atoms with van der Waals surface area (Å²) in [6, 6.07) is 0. The van der Waals surface area contributed by atoms with E-state index >= 15 is 0 Å². The van der Waals surface area contributed by atoms with E-state index in [1.54, 1.807) is 154 Å². The molecule has 0 aromatic carbocycles. The normalized spacial score (nSPS) is 26.1. The van der Waals surface area contributed by atoms with Crippen LogP contribution in [0, 0.1) is 15.3 Å². The third-order valence-corrected chi connectivity index (χ3v) is 20.1. The largest absolute Gasteiger partial charge is 1.00 e. The molecule has 6 aliphatic rings. The Morgan fingerprint density at radius 2 is 0.442 bits per heavy atom. The number of nitrogens with zero attached hydrogens (tertiary/aromatic N) is 1. The van der Waals surface area contributed by atoms with Gasteiger partial charge in [-0.15, -0.1) is 0 Å². The Labute approximate surface area is 282 Å². The molecule has 6 fully saturated rings. The number of hydrogen-bond donors (Lipinski definition) is 0. The first-order valence-corrected chi connectivity index (χ1v) is 22.1. The van der Waals surface area contributed by atoms with Gasteiger partial charge in [-0.2, -0.15) is 0 Å². The Hall–Kier alpha value is 0.722. The molecule has 0 atom stereocenters. The summed E-state index contributed by atoms with van der Waals surface area (Å²) < 4.78 is 0. The van der Waals surface area contributed by atoms with Crippen molar-refractivity contribution in [3.05, 3.63) is 15.3 Å². The summed E-state index contributed by atoms with van der Waals surface area (Å²) in [5.41, 5.74) is 7.14. The van der Waals surface area contributed by atoms with E-state index in [1.807, 2.05) is 0 Å². The topological polar surface area (TPSA) is 66.2 Å². The van der Waals surface area contributed by atoms with E-state index in [0.29, 0.717) is 15.8 Å². The predicted octanol–water partition coefficient (Wildman–Crippen LogP) is 12.7. The first kappa shape index (κ1) is 38.2. The third kappa shape index (κ3) is 13.4. The van der Waals surface area contributed by atoms with Crippen LogP contribution in [0.15, 0.2) is 0 Å². The fraction of sp³-hybridized carbons (Fsp3) is 1.00. The van der Waals surface area contributed by atoms with Crippen LogP contribution in [0.25, 0.3) is 0 Å². The maximum Gasteiger partial charge on any atom is 1.00 e. The van der Waals surface area contributed by atoms with Gasteiger partial charge in [-0.25, -0.2) is 0 Å². The van der Waals surface area contributed by atoms with Crippen molar-refractivity contribution in [3.63, 3.8) is 0 Å². The summed E-state index contributed by atoms with van der Waals surface area (Å²) >= 11 is 0. The molecule has 0 aromatic rings. The van der Waals surface area contributed by atoms with Crippen LogP contribution in [0.1, 0.15) is 193 Å². The van der Waals surface area contributed by atoms with Crippen molar-refractivity contribution < 1.29 is 25.5 Å². The minimum Gasteiger partial charge on any atom is -0.356 e. The van der Waals surface area contributed by atoms with E-state index in [0.717, 1.165) is 0 Å². The molecule has 0 saturated heterocycles. The minimum atomic E-state index is -1.75. The van der Waals surface area contributed by atoms with E-state index < -0.39 is 5.09 Å². The molecule has 0 aliphatic heterocycles. The van der Waals surface area contributed by atoms with Gasteiger partial charge in [-0.1, -0.05) is 131 Å². The average Bonchev–Trinajstić information content (AvgIpc) is 3.05. The zero-order chi connectivity index (χ0) is 29.4. The first-order valence-electron chi connectivity index (χ1n) is 19.0. The molecule has 1 radical (unpaired) electrons. The van der Waals surface area contributed by atoms with E-state index in [2.05, 4.69) is 0 Å². The Kier molecular flexibility index (Phi) is 19.8. The standard InChI is InChI=1S/2C18H33P.NO3.Pd/c2*1-4-10-16(11-5-1)19(17-12-6-2-7-13-17)18-14-8-3-9-15-18;2-1(3)4;/h2*16-18H,1-15H2;;/q;;-1;+1. The minimum absolute atomic E-state index is 0. The van der Waals surface area contributed by atoms with Crippen molar-refractivity contribution in [1.82, 2.24) is 0 Å². The third-order valence-electron chi connectivity index (χ3n) is 12.0. The first-order chi connectivity index (χ1) is 20.6. The van der Waals surface area contributed by atoms with E-state index in [4.69, 9.17) is 15.3 Å². The summed E-state index contributed by atoms with van der Waals surface area (Å²) in [6.07, 6.45) is 47.2. The summed E-state index contributed by atoms with van der Waals surface area (Å²) in [6.45, 7) is 0. The smallest absolute Gasteiger partial charge is 0.356 e. The van der Waals surface area contributed by atoms with Gasteiger partial charge in [0, 0.05) is 0 Å². The van der Waals surface area contributed by atoms with Crippen LogP contribution in [-0.4, -0.2) is 39.0 Å². The van der Waals surface area contributed by atoms with Gasteiger partial charge in [-0.3, -0.25) is 0 Å². The molecular weight excluding hydrogens is 663 g/mol. The molecule has 0 unspecified atom stereocenters. The molecule has 0 amide bonds. The zero-order valence-corrected chi connectivity index (χ0v) is 30.9. The molecule has 0 N–H and O–H groups in total. The van der Waals surface area contributed by atoms with Gasteiger partial charge >= 0.3 is 20.4 Å².